The lowest BCUT2D eigenvalue weighted by atomic mass is 9.86. The van der Waals surface area contributed by atoms with Crippen LogP contribution in [-0.4, -0.2) is 71.4 Å². The van der Waals surface area contributed by atoms with Gasteiger partial charge < -0.3 is 29.7 Å². The van der Waals surface area contributed by atoms with Crippen molar-refractivity contribution in [1.29, 1.82) is 0 Å². The number of rotatable bonds is 10. The Morgan fingerprint density at radius 3 is 2.65 bits per heavy atom. The van der Waals surface area contributed by atoms with Gasteiger partial charge in [-0.1, -0.05) is 25.6 Å². The molecule has 1 saturated heterocycles. The van der Waals surface area contributed by atoms with Gasteiger partial charge in [0.2, 0.25) is 6.41 Å². The predicted octanol–water partition coefficient (Wildman–Crippen LogP) is 0.620. The van der Waals surface area contributed by atoms with E-state index in [9.17, 15) is 29.0 Å². The van der Waals surface area contributed by atoms with Crippen LogP contribution >= 0.6 is 11.8 Å². The molecule has 1 heterocycles. The van der Waals surface area contributed by atoms with Crippen molar-refractivity contribution < 1.29 is 43.2 Å². The van der Waals surface area contributed by atoms with Gasteiger partial charge in [-0.05, 0) is 19.8 Å². The molecule has 13 heteroatoms. The van der Waals surface area contributed by atoms with Gasteiger partial charge in [0.15, 0.2) is 11.7 Å². The average molecular weight is 466 g/mol. The van der Waals surface area contributed by atoms with E-state index in [2.05, 4.69) is 10.3 Å². The zero-order valence-corrected chi connectivity index (χ0v) is 18.5. The van der Waals surface area contributed by atoms with Gasteiger partial charge in [-0.3, -0.25) is 14.9 Å². The van der Waals surface area contributed by atoms with Gasteiger partial charge in [-0.25, -0.2) is 9.18 Å². The van der Waals surface area contributed by atoms with E-state index >= 15 is 0 Å². The average Bonchev–Trinajstić information content (AvgIpc) is 3.16. The van der Waals surface area contributed by atoms with Crippen LogP contribution in [0, 0.1) is 11.3 Å². The molecular formula is C18H28FN3O8S. The van der Waals surface area contributed by atoms with Crippen molar-refractivity contribution in [3.63, 3.8) is 0 Å². The number of hydrogen-bond acceptors (Lipinski definition) is 10. The number of aliphatic hydroxyl groups is 2. The van der Waals surface area contributed by atoms with Gasteiger partial charge in [0.1, 0.15) is 11.6 Å². The Balaban J connectivity index is 2.62. The van der Waals surface area contributed by atoms with Gasteiger partial charge in [0.25, 0.3) is 5.62 Å². The van der Waals surface area contributed by atoms with Crippen LogP contribution in [0.15, 0.2) is 17.0 Å². The number of alkyl carbamates (subject to hydrolysis) is 1. The number of aliphatic imine (C=N–C) groups is 1. The highest BCUT2D eigenvalue weighted by Crippen LogP contribution is 2.30. The van der Waals surface area contributed by atoms with Crippen molar-refractivity contribution in [2.45, 2.75) is 45.6 Å². The smallest absolute Gasteiger partial charge is 0.412 e. The van der Waals surface area contributed by atoms with E-state index in [4.69, 9.17) is 14.2 Å². The third-order valence-corrected chi connectivity index (χ3v) is 5.13. The number of nitrogens with zero attached hydrogens (tertiary/aromatic N) is 1. The summed E-state index contributed by atoms with van der Waals surface area (Å²) in [7, 11) is 0. The topological polar surface area (TPSA) is 156 Å². The van der Waals surface area contributed by atoms with Gasteiger partial charge in [-0.2, -0.15) is 4.99 Å². The summed E-state index contributed by atoms with van der Waals surface area (Å²) < 4.78 is 29.7. The molecule has 0 aromatic rings. The van der Waals surface area contributed by atoms with Crippen molar-refractivity contribution in [3.05, 3.63) is 12.0 Å². The third kappa shape index (κ3) is 8.44. The zero-order chi connectivity index (χ0) is 23.6. The second-order valence-corrected chi connectivity index (χ2v) is 8.31. The highest BCUT2D eigenvalue weighted by atomic mass is 32.2. The Kier molecular flexibility index (Phi) is 10.9. The van der Waals surface area contributed by atoms with Crippen LogP contribution in [0.25, 0.3) is 0 Å². The van der Waals surface area contributed by atoms with Crippen LogP contribution < -0.4 is 10.6 Å². The SMILES string of the molecule is CC(C)COC(=O)NC(=N/C=O)/C(F)=C\N[C@H]1CS[C@H](OC(=O)C(C)(CO)C(C)O)O1. The summed E-state index contributed by atoms with van der Waals surface area (Å²) in [4.78, 5) is 37.7. The van der Waals surface area contributed by atoms with Crippen LogP contribution in [0.3, 0.4) is 0 Å². The van der Waals surface area contributed by atoms with E-state index in [0.29, 0.717) is 0 Å². The molecule has 0 aromatic carbocycles. The third-order valence-electron chi connectivity index (χ3n) is 4.15. The molecule has 4 N–H and O–H groups in total. The number of amides is 2. The Bertz CT molecular complexity index is 703. The maximum absolute atomic E-state index is 14.3. The number of ether oxygens (including phenoxy) is 3. The quantitative estimate of drug-likeness (QED) is 0.156. The highest BCUT2D eigenvalue weighted by Gasteiger charge is 2.42. The van der Waals surface area contributed by atoms with Crippen molar-refractivity contribution in [2.75, 3.05) is 19.0 Å². The van der Waals surface area contributed by atoms with E-state index in [1.807, 2.05) is 19.2 Å². The van der Waals surface area contributed by atoms with Crippen molar-refractivity contribution in [2.24, 2.45) is 16.3 Å². The summed E-state index contributed by atoms with van der Waals surface area (Å²) in [6.45, 7) is 5.81. The fourth-order valence-electron chi connectivity index (χ4n) is 1.93. The molecule has 176 valence electrons. The fourth-order valence-corrected chi connectivity index (χ4v) is 2.81. The molecule has 1 rings (SSSR count). The lowest BCUT2D eigenvalue weighted by molar-refractivity contribution is -0.184. The molecule has 0 aromatic heterocycles. The minimum atomic E-state index is -1.52. The Morgan fingerprint density at radius 2 is 2.10 bits per heavy atom. The number of amidine groups is 1. The van der Waals surface area contributed by atoms with Gasteiger partial charge in [0, 0.05) is 12.0 Å². The molecule has 1 aliphatic rings. The number of nitrogens with one attached hydrogen (secondary N) is 2. The number of halogens is 1. The molecule has 1 aliphatic heterocycles. The predicted molar refractivity (Wildman–Crippen MR) is 109 cm³/mol. The first-order chi connectivity index (χ1) is 14.5. The minimum Gasteiger partial charge on any atom is -0.449 e. The molecule has 0 radical (unpaired) electrons. The Hall–Kier alpha value is -2.22. The van der Waals surface area contributed by atoms with Gasteiger partial charge in [-0.15, -0.1) is 0 Å². The highest BCUT2D eigenvalue weighted by molar-refractivity contribution is 7.99. The molecule has 2 amide bonds. The number of aliphatic hydroxyl groups excluding tert-OH is 2. The van der Waals surface area contributed by atoms with E-state index in [1.54, 1.807) is 0 Å². The molecule has 0 saturated carbocycles. The standard InChI is InChI=1S/C18H28FN3O8S/c1-10(2)6-28-16(27)22-14(21-9-24)12(19)5-20-13-7-31-17(29-13)30-15(26)18(4,8-23)11(3)25/h5,9-11,13,17,20,23,25H,6-8H2,1-4H3,(H,21,22,24,27)/b12-5+/t11?,13-,17+,18?/m1/s1. The summed E-state index contributed by atoms with van der Waals surface area (Å²) in [5.74, 6) is -2.25. The van der Waals surface area contributed by atoms with Gasteiger partial charge in [0.05, 0.1) is 19.3 Å². The largest absolute Gasteiger partial charge is 0.449 e. The van der Waals surface area contributed by atoms with Crippen LogP contribution in [0.2, 0.25) is 0 Å². The molecule has 4 atom stereocenters. The summed E-state index contributed by atoms with van der Waals surface area (Å²) in [6.07, 6.45) is -2.01. The summed E-state index contributed by atoms with van der Waals surface area (Å²) in [6, 6.07) is 0. The molecule has 11 nitrogen and oxygen atoms in total. The molecule has 31 heavy (non-hydrogen) atoms. The zero-order valence-electron chi connectivity index (χ0n) is 17.7. The number of hydrogen-bond donors (Lipinski definition) is 4. The molecule has 0 spiro atoms. The second-order valence-electron chi connectivity index (χ2n) is 7.26. The number of carbonyl (C=O) groups excluding carboxylic acids is 3. The van der Waals surface area contributed by atoms with Crippen LogP contribution in [0.5, 0.6) is 0 Å². The van der Waals surface area contributed by atoms with E-state index in [1.165, 1.54) is 13.8 Å². The second kappa shape index (κ2) is 12.6. The Morgan fingerprint density at radius 1 is 1.42 bits per heavy atom. The Labute approximate surface area is 183 Å². The molecule has 1 fully saturated rings. The van der Waals surface area contributed by atoms with E-state index in [0.717, 1.165) is 18.0 Å². The number of thioether (sulfide) groups is 1. The van der Waals surface area contributed by atoms with Crippen molar-refractivity contribution in [3.8, 4) is 0 Å². The van der Waals surface area contributed by atoms with Crippen molar-refractivity contribution >= 4 is 36.1 Å². The van der Waals surface area contributed by atoms with Crippen LogP contribution in [0.4, 0.5) is 9.18 Å². The lowest BCUT2D eigenvalue weighted by Gasteiger charge is -2.28. The fraction of sp³-hybridized carbons (Fsp3) is 0.667. The summed E-state index contributed by atoms with van der Waals surface area (Å²) in [5.41, 5.74) is -2.56. The minimum absolute atomic E-state index is 0.0587. The van der Waals surface area contributed by atoms with E-state index in [-0.39, 0.29) is 24.7 Å². The van der Waals surface area contributed by atoms with Gasteiger partial charge >= 0.3 is 12.1 Å². The molecule has 0 bridgehead atoms. The maximum Gasteiger partial charge on any atom is 0.412 e. The monoisotopic (exact) mass is 465 g/mol. The maximum atomic E-state index is 14.3. The first-order valence-corrected chi connectivity index (χ1v) is 10.4. The van der Waals surface area contributed by atoms with E-state index < -0.39 is 53.7 Å². The molecular weight excluding hydrogens is 437 g/mol. The molecule has 0 aliphatic carbocycles. The van der Waals surface area contributed by atoms with Crippen LogP contribution in [-0.2, 0) is 23.8 Å². The normalized spacial score (nSPS) is 22.5. The van der Waals surface area contributed by atoms with Crippen molar-refractivity contribution in [1.82, 2.24) is 10.6 Å². The first kappa shape index (κ1) is 26.8. The summed E-state index contributed by atoms with van der Waals surface area (Å²) in [5, 5.41) is 23.6. The summed E-state index contributed by atoms with van der Waals surface area (Å²) >= 11 is 1.09. The first-order valence-electron chi connectivity index (χ1n) is 9.37. The van der Waals surface area contributed by atoms with Crippen LogP contribution in [0.1, 0.15) is 27.7 Å². The lowest BCUT2D eigenvalue weighted by Crippen LogP contribution is -2.44. The number of esters is 1. The molecule has 2 unspecified atom stereocenters. The number of carbonyl (C=O) groups is 3.